The van der Waals surface area contributed by atoms with Crippen LogP contribution in [0.2, 0.25) is 0 Å². The zero-order chi connectivity index (χ0) is 13.8. The van der Waals surface area contributed by atoms with Crippen molar-refractivity contribution in [2.75, 3.05) is 11.9 Å². The molecule has 0 aromatic carbocycles. The Bertz CT molecular complexity index is 462. The van der Waals surface area contributed by atoms with Gasteiger partial charge in [0.1, 0.15) is 5.82 Å². The molecule has 0 amide bonds. The molecule has 2 rings (SSSR count). The van der Waals surface area contributed by atoms with E-state index in [1.54, 1.807) is 12.1 Å². The first-order valence-electron chi connectivity index (χ1n) is 6.74. The molecule has 2 unspecified atom stereocenters. The first-order valence-corrected chi connectivity index (χ1v) is 6.74. The summed E-state index contributed by atoms with van der Waals surface area (Å²) in [7, 11) is 0. The highest BCUT2D eigenvalue weighted by molar-refractivity contribution is 5.88. The Balaban J connectivity index is 2.02. The minimum atomic E-state index is -0.934. The van der Waals surface area contributed by atoms with E-state index < -0.39 is 5.97 Å². The van der Waals surface area contributed by atoms with Crippen LogP contribution in [-0.2, 0) is 6.42 Å². The van der Waals surface area contributed by atoms with E-state index in [9.17, 15) is 9.90 Å². The molecule has 5 heteroatoms. The van der Waals surface area contributed by atoms with Gasteiger partial charge in [-0.25, -0.2) is 9.78 Å². The highest BCUT2D eigenvalue weighted by Crippen LogP contribution is 2.25. The van der Waals surface area contributed by atoms with E-state index in [0.29, 0.717) is 18.2 Å². The molecule has 0 spiro atoms. The minimum absolute atomic E-state index is 0.184. The number of carboxylic acids is 1. The predicted octanol–water partition coefficient (Wildman–Crippen LogP) is 1.92. The molecule has 0 bridgehead atoms. The molecule has 1 aliphatic rings. The second-order valence-electron chi connectivity index (χ2n) is 5.10. The van der Waals surface area contributed by atoms with Gasteiger partial charge in [0.05, 0.1) is 11.7 Å². The quantitative estimate of drug-likeness (QED) is 0.756. The summed E-state index contributed by atoms with van der Waals surface area (Å²) in [5, 5.41) is 21.7. The lowest BCUT2D eigenvalue weighted by molar-refractivity contribution is 0.0696. The smallest absolute Gasteiger partial charge is 0.335 e. The van der Waals surface area contributed by atoms with Gasteiger partial charge in [0.25, 0.3) is 0 Å². The maximum absolute atomic E-state index is 11.0. The highest BCUT2D eigenvalue weighted by atomic mass is 16.4. The summed E-state index contributed by atoms with van der Waals surface area (Å²) in [4.78, 5) is 15.4. The normalized spacial score (nSPS) is 22.4. The van der Waals surface area contributed by atoms with Crippen molar-refractivity contribution in [3.63, 3.8) is 0 Å². The highest BCUT2D eigenvalue weighted by Gasteiger charge is 2.22. The van der Waals surface area contributed by atoms with E-state index in [0.717, 1.165) is 31.5 Å². The Morgan fingerprint density at radius 1 is 1.47 bits per heavy atom. The van der Waals surface area contributed by atoms with Crippen LogP contribution in [0, 0.1) is 5.92 Å². The molecule has 5 nitrogen and oxygen atoms in total. The molecule has 1 heterocycles. The van der Waals surface area contributed by atoms with Gasteiger partial charge in [-0.15, -0.1) is 0 Å². The van der Waals surface area contributed by atoms with Gasteiger partial charge in [-0.2, -0.15) is 0 Å². The molecule has 1 aromatic heterocycles. The van der Waals surface area contributed by atoms with Gasteiger partial charge in [0.15, 0.2) is 0 Å². The molecule has 1 saturated carbocycles. The number of aliphatic hydroxyl groups is 1. The molecule has 1 aliphatic carbocycles. The van der Waals surface area contributed by atoms with Crippen LogP contribution < -0.4 is 5.32 Å². The largest absolute Gasteiger partial charge is 0.478 e. The van der Waals surface area contributed by atoms with Crippen LogP contribution in [0.4, 0.5) is 5.82 Å². The third kappa shape index (κ3) is 3.67. The van der Waals surface area contributed by atoms with E-state index >= 15 is 0 Å². The van der Waals surface area contributed by atoms with Gasteiger partial charge in [-0.1, -0.05) is 6.92 Å². The summed E-state index contributed by atoms with van der Waals surface area (Å²) < 4.78 is 0. The number of pyridine rings is 1. The lowest BCUT2D eigenvalue weighted by atomic mass is 10.1. The number of aromatic nitrogens is 1. The summed E-state index contributed by atoms with van der Waals surface area (Å²) in [6, 6.07) is 3.17. The van der Waals surface area contributed by atoms with Crippen molar-refractivity contribution in [2.45, 2.75) is 38.7 Å². The number of anilines is 1. The van der Waals surface area contributed by atoms with Gasteiger partial charge >= 0.3 is 5.97 Å². The Morgan fingerprint density at radius 2 is 2.26 bits per heavy atom. The number of nitrogens with zero attached hydrogens (tertiary/aromatic N) is 1. The van der Waals surface area contributed by atoms with Crippen molar-refractivity contribution in [3.8, 4) is 0 Å². The fraction of sp³-hybridized carbons (Fsp3) is 0.571. The van der Waals surface area contributed by atoms with Crippen LogP contribution in [0.5, 0.6) is 0 Å². The lowest BCUT2D eigenvalue weighted by Crippen LogP contribution is -2.14. The van der Waals surface area contributed by atoms with Gasteiger partial charge in [-0.05, 0) is 43.7 Å². The van der Waals surface area contributed by atoms with Crippen molar-refractivity contribution in [2.24, 2.45) is 5.92 Å². The number of aliphatic hydroxyl groups excluding tert-OH is 1. The Kier molecular flexibility index (Phi) is 4.37. The zero-order valence-electron chi connectivity index (χ0n) is 11.1. The van der Waals surface area contributed by atoms with Crippen LogP contribution in [0.3, 0.4) is 0 Å². The molecule has 0 aliphatic heterocycles. The van der Waals surface area contributed by atoms with Gasteiger partial charge in [0, 0.05) is 12.2 Å². The topological polar surface area (TPSA) is 82.5 Å². The Labute approximate surface area is 112 Å². The maximum atomic E-state index is 11.0. The third-order valence-corrected chi connectivity index (χ3v) is 3.57. The van der Waals surface area contributed by atoms with E-state index in [4.69, 9.17) is 5.11 Å². The first-order chi connectivity index (χ1) is 9.08. The van der Waals surface area contributed by atoms with Crippen molar-refractivity contribution >= 4 is 11.8 Å². The molecule has 19 heavy (non-hydrogen) atoms. The average molecular weight is 264 g/mol. The number of hydrogen-bond acceptors (Lipinski definition) is 4. The summed E-state index contributed by atoms with van der Waals surface area (Å²) in [5.74, 6) is 0.116. The summed E-state index contributed by atoms with van der Waals surface area (Å²) in [6.07, 6.45) is 3.20. The number of rotatable bonds is 5. The molecule has 0 radical (unpaired) electrons. The van der Waals surface area contributed by atoms with Crippen LogP contribution in [0.1, 0.15) is 42.2 Å². The Hall–Kier alpha value is -1.62. The second-order valence-corrected chi connectivity index (χ2v) is 5.10. The summed E-state index contributed by atoms with van der Waals surface area (Å²) in [6.45, 7) is 2.68. The fourth-order valence-corrected chi connectivity index (χ4v) is 2.47. The molecule has 3 N–H and O–H groups in total. The van der Waals surface area contributed by atoms with Crippen LogP contribution in [0.15, 0.2) is 12.1 Å². The summed E-state index contributed by atoms with van der Waals surface area (Å²) >= 11 is 0. The molecule has 0 saturated heterocycles. The lowest BCUT2D eigenvalue weighted by Gasteiger charge is -2.12. The fourth-order valence-electron chi connectivity index (χ4n) is 2.47. The number of nitrogens with one attached hydrogen (secondary N) is 1. The van der Waals surface area contributed by atoms with E-state index in [-0.39, 0.29) is 11.7 Å². The Morgan fingerprint density at radius 3 is 2.84 bits per heavy atom. The predicted molar refractivity (Wildman–Crippen MR) is 72.4 cm³/mol. The number of carboxylic acid groups (broad SMARTS) is 1. The van der Waals surface area contributed by atoms with Crippen molar-refractivity contribution in [1.82, 2.24) is 4.98 Å². The van der Waals surface area contributed by atoms with Crippen molar-refractivity contribution in [1.29, 1.82) is 0 Å². The SMILES string of the molecule is CCc1cc(C(=O)O)cc(NCC2CCC(O)C2)n1. The van der Waals surface area contributed by atoms with Gasteiger partial charge in [0.2, 0.25) is 0 Å². The van der Waals surface area contributed by atoms with E-state index in [1.807, 2.05) is 6.92 Å². The molecule has 2 atom stereocenters. The van der Waals surface area contributed by atoms with E-state index in [2.05, 4.69) is 10.3 Å². The van der Waals surface area contributed by atoms with Gasteiger partial charge < -0.3 is 15.5 Å². The first kappa shape index (κ1) is 13.8. The molecule has 1 aromatic rings. The molecular weight excluding hydrogens is 244 g/mol. The van der Waals surface area contributed by atoms with Crippen LogP contribution in [0.25, 0.3) is 0 Å². The number of aryl methyl sites for hydroxylation is 1. The van der Waals surface area contributed by atoms with Gasteiger partial charge in [-0.3, -0.25) is 0 Å². The number of aromatic carboxylic acids is 1. The monoisotopic (exact) mass is 264 g/mol. The number of carbonyl (C=O) groups is 1. The van der Waals surface area contributed by atoms with Crippen molar-refractivity contribution < 1.29 is 15.0 Å². The zero-order valence-corrected chi connectivity index (χ0v) is 11.1. The minimum Gasteiger partial charge on any atom is -0.478 e. The van der Waals surface area contributed by atoms with Crippen molar-refractivity contribution in [3.05, 3.63) is 23.4 Å². The standard InChI is InChI=1S/C14H20N2O3/c1-2-11-6-10(14(18)19)7-13(16-11)15-8-9-3-4-12(17)5-9/h6-7,9,12,17H,2-5,8H2,1H3,(H,15,16)(H,18,19). The third-order valence-electron chi connectivity index (χ3n) is 3.57. The molecule has 104 valence electrons. The average Bonchev–Trinajstić information content (AvgIpc) is 2.81. The molecular formula is C14H20N2O3. The number of hydrogen-bond donors (Lipinski definition) is 3. The van der Waals surface area contributed by atoms with Crippen LogP contribution >= 0.6 is 0 Å². The molecule has 1 fully saturated rings. The maximum Gasteiger partial charge on any atom is 0.335 e. The second kappa shape index (κ2) is 6.02. The van der Waals surface area contributed by atoms with E-state index in [1.165, 1.54) is 0 Å². The summed E-state index contributed by atoms with van der Waals surface area (Å²) in [5.41, 5.74) is 1.04. The van der Waals surface area contributed by atoms with Crippen LogP contribution in [-0.4, -0.2) is 33.8 Å².